The van der Waals surface area contributed by atoms with E-state index in [0.717, 1.165) is 22.4 Å². The molecule has 31 heavy (non-hydrogen) atoms. The first-order valence-electron chi connectivity index (χ1n) is 11.2. The lowest BCUT2D eigenvalue weighted by atomic mass is 9.81. The van der Waals surface area contributed by atoms with Gasteiger partial charge in [-0.2, -0.15) is 0 Å². The highest BCUT2D eigenvalue weighted by Crippen LogP contribution is 2.41. The van der Waals surface area contributed by atoms with Gasteiger partial charge in [0.25, 0.3) is 0 Å². The van der Waals surface area contributed by atoms with Crippen molar-refractivity contribution in [2.45, 2.75) is 58.5 Å². The fourth-order valence-electron chi connectivity index (χ4n) is 4.67. The van der Waals surface area contributed by atoms with Gasteiger partial charge in [-0.05, 0) is 56.5 Å². The van der Waals surface area contributed by atoms with Gasteiger partial charge in [0.05, 0.1) is 18.6 Å². The molecule has 0 bridgehead atoms. The van der Waals surface area contributed by atoms with Gasteiger partial charge >= 0.3 is 0 Å². The highest BCUT2D eigenvalue weighted by atomic mass is 16.5. The number of fused-ring (bicyclic) bond motifs is 1. The number of hydrogen-bond acceptors (Lipinski definition) is 4. The maximum absolute atomic E-state index is 12.8. The number of amides is 1. The summed E-state index contributed by atoms with van der Waals surface area (Å²) in [5.74, 6) is 1.85. The first-order chi connectivity index (χ1) is 14.8. The minimum absolute atomic E-state index is 0.150. The highest BCUT2D eigenvalue weighted by Gasteiger charge is 2.44. The third-order valence-electron chi connectivity index (χ3n) is 6.38. The first kappa shape index (κ1) is 21.4. The number of benzene rings is 2. The molecule has 0 N–H and O–H groups in total. The number of ether oxygens (including phenoxy) is 2. The van der Waals surface area contributed by atoms with Crippen LogP contribution >= 0.6 is 0 Å². The van der Waals surface area contributed by atoms with Gasteiger partial charge in [-0.25, -0.2) is 0 Å². The van der Waals surface area contributed by atoms with Crippen LogP contribution < -0.4 is 9.47 Å². The topological polar surface area (TPSA) is 55.8 Å². The van der Waals surface area contributed by atoms with E-state index >= 15 is 0 Å². The number of carbonyl (C=O) groups excluding carboxylic acids is 2. The van der Waals surface area contributed by atoms with Crippen molar-refractivity contribution >= 4 is 11.7 Å². The average Bonchev–Trinajstić information content (AvgIpc) is 2.72. The van der Waals surface area contributed by atoms with E-state index in [0.29, 0.717) is 57.6 Å². The van der Waals surface area contributed by atoms with Crippen LogP contribution in [0.3, 0.4) is 0 Å². The largest absolute Gasteiger partial charge is 0.494 e. The minimum atomic E-state index is -0.477. The van der Waals surface area contributed by atoms with Crippen LogP contribution in [0.4, 0.5) is 0 Å². The Labute approximate surface area is 184 Å². The number of Topliss-reactive ketones (excluding diaryl/α,β-unsaturated/α-hetero) is 1. The Morgan fingerprint density at radius 2 is 1.77 bits per heavy atom. The fraction of sp³-hybridized carbons (Fsp3) is 0.462. The number of hydrogen-bond donors (Lipinski definition) is 0. The molecule has 5 nitrogen and oxygen atoms in total. The summed E-state index contributed by atoms with van der Waals surface area (Å²) < 4.78 is 12.1. The van der Waals surface area contributed by atoms with E-state index in [9.17, 15) is 9.59 Å². The summed E-state index contributed by atoms with van der Waals surface area (Å²) in [5, 5.41) is 0. The van der Waals surface area contributed by atoms with Crippen LogP contribution in [-0.2, 0) is 4.79 Å². The molecule has 2 aromatic carbocycles. The zero-order valence-electron chi connectivity index (χ0n) is 18.7. The third kappa shape index (κ3) is 4.76. The van der Waals surface area contributed by atoms with E-state index in [1.807, 2.05) is 62.1 Å². The standard InChI is InChI=1S/C26H31NO4/c1-18-6-8-21(9-7-18)30-14-4-5-24(29)27-12-10-26(11-13-27)17-22(28)25-20(3)15-19(2)16-23(25)31-26/h6-9,15-16H,4-5,10-14,17H2,1-3H3. The summed E-state index contributed by atoms with van der Waals surface area (Å²) in [7, 11) is 0. The normalized spacial score (nSPS) is 17.3. The predicted molar refractivity (Wildman–Crippen MR) is 120 cm³/mol. The summed E-state index contributed by atoms with van der Waals surface area (Å²) in [6.45, 7) is 7.82. The van der Waals surface area contributed by atoms with E-state index in [1.165, 1.54) is 5.56 Å². The highest BCUT2D eigenvalue weighted by molar-refractivity contribution is 6.01. The number of carbonyl (C=O) groups is 2. The second kappa shape index (κ2) is 8.74. The van der Waals surface area contributed by atoms with Crippen LogP contribution in [0, 0.1) is 20.8 Å². The Hall–Kier alpha value is -2.82. The predicted octanol–water partition coefficient (Wildman–Crippen LogP) is 4.80. The summed E-state index contributed by atoms with van der Waals surface area (Å²) in [6, 6.07) is 11.9. The van der Waals surface area contributed by atoms with E-state index < -0.39 is 5.60 Å². The van der Waals surface area contributed by atoms with E-state index in [4.69, 9.17) is 9.47 Å². The summed E-state index contributed by atoms with van der Waals surface area (Å²) >= 11 is 0. The lowest BCUT2D eigenvalue weighted by Crippen LogP contribution is -2.52. The molecule has 5 heteroatoms. The van der Waals surface area contributed by atoms with Gasteiger partial charge in [-0.15, -0.1) is 0 Å². The maximum Gasteiger partial charge on any atom is 0.222 e. The summed E-state index contributed by atoms with van der Waals surface area (Å²) in [6.07, 6.45) is 2.94. The van der Waals surface area contributed by atoms with E-state index in [2.05, 4.69) is 0 Å². The van der Waals surface area contributed by atoms with Crippen molar-refractivity contribution in [3.8, 4) is 11.5 Å². The molecule has 2 aliphatic rings. The van der Waals surface area contributed by atoms with Crippen LogP contribution in [0.25, 0.3) is 0 Å². The van der Waals surface area contributed by atoms with Crippen molar-refractivity contribution < 1.29 is 19.1 Å². The van der Waals surface area contributed by atoms with E-state index in [-0.39, 0.29) is 11.7 Å². The number of nitrogens with zero attached hydrogens (tertiary/aromatic N) is 1. The van der Waals surface area contributed by atoms with Crippen LogP contribution in [0.1, 0.15) is 59.2 Å². The second-order valence-corrected chi connectivity index (χ2v) is 8.99. The zero-order chi connectivity index (χ0) is 22.0. The zero-order valence-corrected chi connectivity index (χ0v) is 18.7. The van der Waals surface area contributed by atoms with E-state index in [1.54, 1.807) is 0 Å². The Balaban J connectivity index is 1.27. The number of aryl methyl sites for hydroxylation is 3. The van der Waals surface area contributed by atoms with Gasteiger partial charge in [0, 0.05) is 32.4 Å². The molecule has 0 aromatic heterocycles. The van der Waals surface area contributed by atoms with Crippen LogP contribution in [0.2, 0.25) is 0 Å². The molecule has 1 fully saturated rings. The Morgan fingerprint density at radius 1 is 1.06 bits per heavy atom. The van der Waals surface area contributed by atoms with Gasteiger partial charge < -0.3 is 14.4 Å². The Kier molecular flexibility index (Phi) is 6.03. The molecule has 2 aromatic rings. The number of likely N-dealkylation sites (tertiary alicyclic amines) is 1. The van der Waals surface area contributed by atoms with Crippen LogP contribution in [0.5, 0.6) is 11.5 Å². The van der Waals surface area contributed by atoms with Crippen molar-refractivity contribution in [2.75, 3.05) is 19.7 Å². The number of ketones is 1. The van der Waals surface area contributed by atoms with Crippen molar-refractivity contribution in [3.63, 3.8) is 0 Å². The Morgan fingerprint density at radius 3 is 2.48 bits per heavy atom. The lowest BCUT2D eigenvalue weighted by Gasteiger charge is -2.44. The third-order valence-corrected chi connectivity index (χ3v) is 6.38. The van der Waals surface area contributed by atoms with Crippen LogP contribution in [0.15, 0.2) is 36.4 Å². The van der Waals surface area contributed by atoms with Crippen LogP contribution in [-0.4, -0.2) is 41.9 Å². The molecule has 2 aliphatic heterocycles. The van der Waals surface area contributed by atoms with Gasteiger partial charge in [-0.3, -0.25) is 9.59 Å². The minimum Gasteiger partial charge on any atom is -0.494 e. The maximum atomic E-state index is 12.8. The number of rotatable bonds is 5. The quantitative estimate of drug-likeness (QED) is 0.651. The molecular formula is C26H31NO4. The molecule has 0 radical (unpaired) electrons. The van der Waals surface area contributed by atoms with Crippen molar-refractivity contribution in [1.29, 1.82) is 0 Å². The molecule has 0 aliphatic carbocycles. The molecular weight excluding hydrogens is 390 g/mol. The molecule has 164 valence electrons. The summed E-state index contributed by atoms with van der Waals surface area (Å²) in [4.78, 5) is 27.4. The van der Waals surface area contributed by atoms with Crippen molar-refractivity contribution in [2.24, 2.45) is 0 Å². The average molecular weight is 422 g/mol. The molecule has 1 saturated heterocycles. The smallest absolute Gasteiger partial charge is 0.222 e. The van der Waals surface area contributed by atoms with Gasteiger partial charge in [0.1, 0.15) is 17.1 Å². The molecule has 0 saturated carbocycles. The van der Waals surface area contributed by atoms with Gasteiger partial charge in [-0.1, -0.05) is 23.8 Å². The lowest BCUT2D eigenvalue weighted by molar-refractivity contribution is -0.135. The molecule has 0 unspecified atom stereocenters. The SMILES string of the molecule is Cc1ccc(OCCCC(=O)N2CCC3(CC2)CC(=O)c2c(C)cc(C)cc2O3)cc1. The molecule has 2 heterocycles. The first-order valence-corrected chi connectivity index (χ1v) is 11.2. The van der Waals surface area contributed by atoms with Crippen molar-refractivity contribution in [3.05, 3.63) is 58.7 Å². The van der Waals surface area contributed by atoms with Gasteiger partial charge in [0.2, 0.25) is 5.91 Å². The summed E-state index contributed by atoms with van der Waals surface area (Å²) in [5.41, 5.74) is 3.53. The molecule has 4 rings (SSSR count). The second-order valence-electron chi connectivity index (χ2n) is 8.99. The molecule has 0 atom stereocenters. The molecule has 1 spiro atoms. The number of piperidine rings is 1. The van der Waals surface area contributed by atoms with Gasteiger partial charge in [0.15, 0.2) is 5.78 Å². The Bertz CT molecular complexity index is 972. The van der Waals surface area contributed by atoms with Crippen molar-refractivity contribution in [1.82, 2.24) is 4.90 Å². The fourth-order valence-corrected chi connectivity index (χ4v) is 4.67. The molecule has 1 amide bonds. The monoisotopic (exact) mass is 421 g/mol.